The highest BCUT2D eigenvalue weighted by Crippen LogP contribution is 2.40. The van der Waals surface area contributed by atoms with Crippen LogP contribution in [0, 0.1) is 5.92 Å². The van der Waals surface area contributed by atoms with Crippen molar-refractivity contribution in [3.05, 3.63) is 52.1 Å². The summed E-state index contributed by atoms with van der Waals surface area (Å²) in [6.45, 7) is 4.28. The van der Waals surface area contributed by atoms with Crippen molar-refractivity contribution < 1.29 is 23.5 Å². The predicted molar refractivity (Wildman–Crippen MR) is 122 cm³/mol. The van der Waals surface area contributed by atoms with E-state index >= 15 is 0 Å². The van der Waals surface area contributed by atoms with Crippen LogP contribution < -0.4 is 10.1 Å². The molecule has 1 aliphatic carbocycles. The molecule has 1 aliphatic rings. The standard InChI is InChI=1S/C24H25NO5S/c1-4-29-24(27)22-18-8-5-14(2)11-20(18)31-23(22)25-21(26)10-7-17-13-15-12-16(28-3)6-9-19(15)30-17/h6-7,9-10,12-14H,4-5,8,11H2,1-3H3,(H,25,26)/b10-7+. The molecule has 0 spiro atoms. The number of benzene rings is 1. The molecule has 0 radical (unpaired) electrons. The molecule has 1 aromatic carbocycles. The summed E-state index contributed by atoms with van der Waals surface area (Å²) < 4.78 is 16.2. The average molecular weight is 440 g/mol. The lowest BCUT2D eigenvalue weighted by Gasteiger charge is -2.18. The van der Waals surface area contributed by atoms with Crippen molar-refractivity contribution >= 4 is 45.3 Å². The molecule has 31 heavy (non-hydrogen) atoms. The Hall–Kier alpha value is -3.06. The van der Waals surface area contributed by atoms with E-state index in [9.17, 15) is 9.59 Å². The second kappa shape index (κ2) is 8.98. The number of rotatable bonds is 6. The number of methoxy groups -OCH3 is 1. The van der Waals surface area contributed by atoms with Crippen LogP contribution in [0.25, 0.3) is 17.0 Å². The molecule has 0 bridgehead atoms. The molecular weight excluding hydrogens is 414 g/mol. The molecule has 0 aliphatic heterocycles. The third-order valence-corrected chi connectivity index (χ3v) is 6.54. The first-order valence-electron chi connectivity index (χ1n) is 10.4. The zero-order chi connectivity index (χ0) is 22.0. The van der Waals surface area contributed by atoms with Crippen LogP contribution in [0.2, 0.25) is 0 Å². The van der Waals surface area contributed by atoms with Gasteiger partial charge in [0.25, 0.3) is 0 Å². The van der Waals surface area contributed by atoms with E-state index in [2.05, 4.69) is 12.2 Å². The van der Waals surface area contributed by atoms with Crippen LogP contribution in [0.5, 0.6) is 5.75 Å². The van der Waals surface area contributed by atoms with Gasteiger partial charge in [-0.25, -0.2) is 4.79 Å². The Bertz CT molecular complexity index is 1160. The van der Waals surface area contributed by atoms with Crippen LogP contribution in [0.1, 0.15) is 46.8 Å². The van der Waals surface area contributed by atoms with Crippen molar-refractivity contribution in [3.63, 3.8) is 0 Å². The van der Waals surface area contributed by atoms with Gasteiger partial charge in [-0.1, -0.05) is 6.92 Å². The quantitative estimate of drug-likeness (QED) is 0.408. The highest BCUT2D eigenvalue weighted by Gasteiger charge is 2.28. The molecule has 1 unspecified atom stereocenters. The molecule has 7 heteroatoms. The highest BCUT2D eigenvalue weighted by molar-refractivity contribution is 7.17. The van der Waals surface area contributed by atoms with Crippen molar-refractivity contribution in [1.29, 1.82) is 0 Å². The summed E-state index contributed by atoms with van der Waals surface area (Å²) in [5.74, 6) is 1.17. The minimum Gasteiger partial charge on any atom is -0.497 e. The summed E-state index contributed by atoms with van der Waals surface area (Å²) in [6, 6.07) is 7.37. The van der Waals surface area contributed by atoms with Crippen LogP contribution in [0.3, 0.4) is 0 Å². The molecule has 0 saturated carbocycles. The Labute approximate surface area is 184 Å². The molecule has 0 fully saturated rings. The summed E-state index contributed by atoms with van der Waals surface area (Å²) >= 11 is 1.47. The number of ether oxygens (including phenoxy) is 2. The van der Waals surface area contributed by atoms with Crippen LogP contribution in [-0.4, -0.2) is 25.6 Å². The Morgan fingerprint density at radius 2 is 2.16 bits per heavy atom. The van der Waals surface area contributed by atoms with E-state index in [1.807, 2.05) is 24.3 Å². The monoisotopic (exact) mass is 439 g/mol. The van der Waals surface area contributed by atoms with Gasteiger partial charge in [-0.2, -0.15) is 0 Å². The summed E-state index contributed by atoms with van der Waals surface area (Å²) in [5, 5.41) is 4.32. The van der Waals surface area contributed by atoms with Crippen LogP contribution >= 0.6 is 11.3 Å². The number of esters is 1. The summed E-state index contributed by atoms with van der Waals surface area (Å²) in [5.41, 5.74) is 2.24. The number of furan rings is 1. The first kappa shape index (κ1) is 21.2. The maximum atomic E-state index is 12.6. The molecule has 1 atom stereocenters. The number of hydrogen-bond donors (Lipinski definition) is 1. The van der Waals surface area contributed by atoms with Gasteiger partial charge >= 0.3 is 5.97 Å². The SMILES string of the molecule is CCOC(=O)c1c(NC(=O)/C=C/c2cc3cc(OC)ccc3o2)sc2c1CCC(C)C2. The highest BCUT2D eigenvalue weighted by atomic mass is 32.1. The Morgan fingerprint density at radius 3 is 2.94 bits per heavy atom. The van der Waals surface area contributed by atoms with Crippen molar-refractivity contribution in [2.45, 2.75) is 33.1 Å². The molecule has 6 nitrogen and oxygen atoms in total. The fourth-order valence-electron chi connectivity index (χ4n) is 3.82. The number of fused-ring (bicyclic) bond motifs is 2. The first-order valence-corrected chi connectivity index (χ1v) is 11.2. The normalized spacial score (nSPS) is 15.8. The van der Waals surface area contributed by atoms with E-state index in [1.165, 1.54) is 17.4 Å². The molecule has 0 saturated heterocycles. The number of anilines is 1. The maximum absolute atomic E-state index is 12.6. The van der Waals surface area contributed by atoms with Gasteiger partial charge in [0.05, 0.1) is 19.3 Å². The molecule has 3 aromatic rings. The van der Waals surface area contributed by atoms with Crippen LogP contribution in [-0.2, 0) is 22.4 Å². The number of carbonyl (C=O) groups is 2. The zero-order valence-electron chi connectivity index (χ0n) is 17.8. The van der Waals surface area contributed by atoms with Crippen molar-refractivity contribution in [1.82, 2.24) is 0 Å². The first-order chi connectivity index (χ1) is 15.0. The lowest BCUT2D eigenvalue weighted by molar-refractivity contribution is -0.111. The molecule has 162 valence electrons. The van der Waals surface area contributed by atoms with Gasteiger partial charge in [-0.15, -0.1) is 11.3 Å². The second-order valence-corrected chi connectivity index (χ2v) is 8.76. The van der Waals surface area contributed by atoms with Gasteiger partial charge in [0.1, 0.15) is 22.1 Å². The third kappa shape index (κ3) is 4.51. The predicted octanol–water partition coefficient (Wildman–Crippen LogP) is 5.46. The summed E-state index contributed by atoms with van der Waals surface area (Å²) in [6.07, 6.45) is 5.79. The molecule has 2 heterocycles. The molecular formula is C24H25NO5S. The third-order valence-electron chi connectivity index (χ3n) is 5.37. The lowest BCUT2D eigenvalue weighted by atomic mass is 9.88. The van der Waals surface area contributed by atoms with E-state index in [0.29, 0.717) is 34.4 Å². The Balaban J connectivity index is 1.54. The van der Waals surface area contributed by atoms with E-state index in [-0.39, 0.29) is 11.9 Å². The number of amides is 1. The van der Waals surface area contributed by atoms with Gasteiger partial charge < -0.3 is 19.2 Å². The zero-order valence-corrected chi connectivity index (χ0v) is 18.6. The largest absolute Gasteiger partial charge is 0.497 e. The molecule has 4 rings (SSSR count). The van der Waals surface area contributed by atoms with E-state index in [1.54, 1.807) is 20.1 Å². The smallest absolute Gasteiger partial charge is 0.341 e. The van der Waals surface area contributed by atoms with E-state index in [0.717, 1.165) is 40.8 Å². The van der Waals surface area contributed by atoms with Gasteiger partial charge in [0, 0.05) is 16.3 Å². The second-order valence-electron chi connectivity index (χ2n) is 7.65. The number of hydrogen-bond acceptors (Lipinski definition) is 6. The topological polar surface area (TPSA) is 77.8 Å². The van der Waals surface area contributed by atoms with Crippen LogP contribution in [0.15, 0.2) is 34.8 Å². The van der Waals surface area contributed by atoms with Gasteiger partial charge in [-0.3, -0.25) is 4.79 Å². The van der Waals surface area contributed by atoms with Crippen molar-refractivity contribution in [3.8, 4) is 5.75 Å². The van der Waals surface area contributed by atoms with Gasteiger partial charge in [0.2, 0.25) is 5.91 Å². The minimum absolute atomic E-state index is 0.296. The minimum atomic E-state index is -0.375. The average Bonchev–Trinajstić information content (AvgIpc) is 3.31. The van der Waals surface area contributed by atoms with E-state index in [4.69, 9.17) is 13.9 Å². The van der Waals surface area contributed by atoms with Crippen molar-refractivity contribution in [2.24, 2.45) is 5.92 Å². The fraction of sp³-hybridized carbons (Fsp3) is 0.333. The number of nitrogens with one attached hydrogen (secondary N) is 1. The van der Waals surface area contributed by atoms with Gasteiger partial charge in [-0.05, 0) is 68.0 Å². The maximum Gasteiger partial charge on any atom is 0.341 e. The van der Waals surface area contributed by atoms with Gasteiger partial charge in [0.15, 0.2) is 0 Å². The van der Waals surface area contributed by atoms with E-state index < -0.39 is 0 Å². The van der Waals surface area contributed by atoms with Crippen molar-refractivity contribution in [2.75, 3.05) is 19.0 Å². The summed E-state index contributed by atoms with van der Waals surface area (Å²) in [7, 11) is 1.61. The Morgan fingerprint density at radius 1 is 1.32 bits per heavy atom. The Kier molecular flexibility index (Phi) is 6.13. The number of thiophene rings is 1. The fourth-order valence-corrected chi connectivity index (χ4v) is 5.22. The lowest BCUT2D eigenvalue weighted by Crippen LogP contribution is -2.15. The molecule has 2 aromatic heterocycles. The van der Waals surface area contributed by atoms with Crippen LogP contribution in [0.4, 0.5) is 5.00 Å². The number of carbonyl (C=O) groups excluding carboxylic acids is 2. The molecule has 1 amide bonds. The summed E-state index contributed by atoms with van der Waals surface area (Å²) in [4.78, 5) is 26.3. The molecule has 1 N–H and O–H groups in total.